The highest BCUT2D eigenvalue weighted by Crippen LogP contribution is 2.20. The maximum absolute atomic E-state index is 13.1. The second-order valence-corrected chi connectivity index (χ2v) is 4.51. The first-order chi connectivity index (χ1) is 8.61. The minimum absolute atomic E-state index is 0. The molecule has 1 N–H and O–H groups in total. The van der Waals surface area contributed by atoms with Gasteiger partial charge in [0.15, 0.2) is 0 Å². The van der Waals surface area contributed by atoms with Crippen LogP contribution in [0.2, 0.25) is 0 Å². The zero-order valence-electron chi connectivity index (χ0n) is 10.7. The Morgan fingerprint density at radius 3 is 2.58 bits per heavy atom. The molecule has 3 nitrogen and oxygen atoms in total. The highest BCUT2D eigenvalue weighted by Gasteiger charge is 2.29. The summed E-state index contributed by atoms with van der Waals surface area (Å²) in [4.78, 5) is 13.9. The lowest BCUT2D eigenvalue weighted by Gasteiger charge is -2.24. The van der Waals surface area contributed by atoms with E-state index >= 15 is 0 Å². The molecule has 2 rings (SSSR count). The van der Waals surface area contributed by atoms with Crippen molar-refractivity contribution in [1.82, 2.24) is 10.2 Å². The van der Waals surface area contributed by atoms with Gasteiger partial charge in [0.1, 0.15) is 11.6 Å². The van der Waals surface area contributed by atoms with Gasteiger partial charge in [0.2, 0.25) is 0 Å². The van der Waals surface area contributed by atoms with Crippen LogP contribution < -0.4 is 5.32 Å². The number of amides is 1. The first kappa shape index (κ1) is 15.9. The topological polar surface area (TPSA) is 32.3 Å². The van der Waals surface area contributed by atoms with E-state index in [0.29, 0.717) is 13.1 Å². The Morgan fingerprint density at radius 1 is 1.37 bits per heavy atom. The van der Waals surface area contributed by atoms with E-state index in [2.05, 4.69) is 5.32 Å². The molecule has 1 unspecified atom stereocenters. The third-order valence-corrected chi connectivity index (χ3v) is 3.19. The molecule has 1 aliphatic heterocycles. The van der Waals surface area contributed by atoms with Crippen molar-refractivity contribution in [3.05, 3.63) is 35.4 Å². The van der Waals surface area contributed by atoms with Crippen molar-refractivity contribution in [2.75, 3.05) is 20.1 Å². The lowest BCUT2D eigenvalue weighted by molar-refractivity contribution is 0.0736. The lowest BCUT2D eigenvalue weighted by atomic mass is 10.1. The van der Waals surface area contributed by atoms with E-state index in [-0.39, 0.29) is 29.9 Å². The van der Waals surface area contributed by atoms with Gasteiger partial charge in [0.05, 0.1) is 0 Å². The molecule has 6 heteroatoms. The van der Waals surface area contributed by atoms with Crippen LogP contribution in [0.3, 0.4) is 0 Å². The summed E-state index contributed by atoms with van der Waals surface area (Å²) in [7, 11) is 1.82. The van der Waals surface area contributed by atoms with Crippen molar-refractivity contribution in [2.45, 2.75) is 18.9 Å². The fraction of sp³-hybridized carbons (Fsp3) is 0.462. The number of nitrogens with one attached hydrogen (secondary N) is 1. The van der Waals surface area contributed by atoms with Crippen LogP contribution in [-0.2, 0) is 0 Å². The van der Waals surface area contributed by atoms with Crippen LogP contribution in [0.25, 0.3) is 0 Å². The Bertz CT molecular complexity index is 436. The second-order valence-electron chi connectivity index (χ2n) is 4.51. The smallest absolute Gasteiger partial charge is 0.254 e. The summed E-state index contributed by atoms with van der Waals surface area (Å²) >= 11 is 0. The summed E-state index contributed by atoms with van der Waals surface area (Å²) < 4.78 is 26.2. The lowest BCUT2D eigenvalue weighted by Crippen LogP contribution is -2.40. The van der Waals surface area contributed by atoms with E-state index in [1.54, 1.807) is 4.90 Å². The van der Waals surface area contributed by atoms with Gasteiger partial charge in [-0.3, -0.25) is 4.79 Å². The predicted octanol–water partition coefficient (Wildman–Crippen LogP) is 2.21. The van der Waals surface area contributed by atoms with Crippen LogP contribution in [0.15, 0.2) is 18.2 Å². The maximum atomic E-state index is 13.1. The largest absolute Gasteiger partial charge is 0.334 e. The van der Waals surface area contributed by atoms with Gasteiger partial charge in [-0.15, -0.1) is 12.4 Å². The molecule has 0 bridgehead atoms. The van der Waals surface area contributed by atoms with Gasteiger partial charge in [-0.05, 0) is 32.0 Å². The van der Waals surface area contributed by atoms with Gasteiger partial charge in [0, 0.05) is 30.8 Å². The van der Waals surface area contributed by atoms with Gasteiger partial charge in [-0.25, -0.2) is 8.78 Å². The number of likely N-dealkylation sites (N-methyl/N-ethyl adjacent to an activating group) is 1. The SMILES string of the molecule is CNCC1CCCN1C(=O)c1cc(F)cc(F)c1.Cl. The van der Waals surface area contributed by atoms with Crippen molar-refractivity contribution in [2.24, 2.45) is 0 Å². The number of likely N-dealkylation sites (tertiary alicyclic amines) is 1. The number of carbonyl (C=O) groups is 1. The molecule has 1 aliphatic rings. The number of rotatable bonds is 3. The van der Waals surface area contributed by atoms with Gasteiger partial charge < -0.3 is 10.2 Å². The van der Waals surface area contributed by atoms with Crippen molar-refractivity contribution in [1.29, 1.82) is 0 Å². The molecule has 0 radical (unpaired) electrons. The van der Waals surface area contributed by atoms with E-state index in [1.807, 2.05) is 7.05 Å². The number of carbonyl (C=O) groups excluding carboxylic acids is 1. The summed E-state index contributed by atoms with van der Waals surface area (Å²) in [6.45, 7) is 1.34. The average Bonchev–Trinajstić information content (AvgIpc) is 2.75. The van der Waals surface area contributed by atoms with Crippen molar-refractivity contribution in [3.63, 3.8) is 0 Å². The zero-order valence-corrected chi connectivity index (χ0v) is 11.5. The number of benzene rings is 1. The molecule has 1 aromatic carbocycles. The van der Waals surface area contributed by atoms with Crippen molar-refractivity contribution < 1.29 is 13.6 Å². The van der Waals surface area contributed by atoms with E-state index in [0.717, 1.165) is 31.0 Å². The summed E-state index contributed by atoms with van der Waals surface area (Å²) in [6, 6.07) is 3.04. The summed E-state index contributed by atoms with van der Waals surface area (Å²) in [5.74, 6) is -1.74. The molecular formula is C13H17ClF2N2O. The van der Waals surface area contributed by atoms with Crippen LogP contribution in [0.1, 0.15) is 23.2 Å². The molecule has 1 saturated heterocycles. The van der Waals surface area contributed by atoms with E-state index in [4.69, 9.17) is 0 Å². The van der Waals surface area contributed by atoms with Crippen LogP contribution in [0.4, 0.5) is 8.78 Å². The maximum Gasteiger partial charge on any atom is 0.254 e. The van der Waals surface area contributed by atoms with E-state index in [9.17, 15) is 13.6 Å². The number of hydrogen-bond acceptors (Lipinski definition) is 2. The Kier molecular flexibility index (Phi) is 5.69. The van der Waals surface area contributed by atoms with Crippen molar-refractivity contribution >= 4 is 18.3 Å². The minimum atomic E-state index is -0.720. The normalized spacial score (nSPS) is 18.3. The minimum Gasteiger partial charge on any atom is -0.334 e. The molecule has 106 valence electrons. The molecule has 1 aromatic rings. The molecule has 1 heterocycles. The molecule has 1 amide bonds. The van der Waals surface area contributed by atoms with Crippen LogP contribution in [-0.4, -0.2) is 37.0 Å². The molecule has 0 aromatic heterocycles. The van der Waals surface area contributed by atoms with Crippen LogP contribution >= 0.6 is 12.4 Å². The molecule has 19 heavy (non-hydrogen) atoms. The standard InChI is InChI=1S/C13H16F2N2O.ClH/c1-16-8-12-3-2-4-17(12)13(18)9-5-10(14)7-11(15)6-9;/h5-7,12,16H,2-4,8H2,1H3;1H. The number of nitrogens with zero attached hydrogens (tertiary/aromatic N) is 1. The van der Waals surface area contributed by atoms with Gasteiger partial charge >= 0.3 is 0 Å². The van der Waals surface area contributed by atoms with E-state index < -0.39 is 11.6 Å². The molecular weight excluding hydrogens is 274 g/mol. The summed E-state index contributed by atoms with van der Waals surface area (Å²) in [5.41, 5.74) is 0.0792. The Balaban J connectivity index is 0.00000180. The Labute approximate surface area is 117 Å². The molecule has 1 atom stereocenters. The molecule has 0 spiro atoms. The van der Waals surface area contributed by atoms with Crippen LogP contribution in [0, 0.1) is 11.6 Å². The highest BCUT2D eigenvalue weighted by molar-refractivity contribution is 5.94. The van der Waals surface area contributed by atoms with Crippen molar-refractivity contribution in [3.8, 4) is 0 Å². The predicted molar refractivity (Wildman–Crippen MR) is 71.6 cm³/mol. The third kappa shape index (κ3) is 3.64. The van der Waals surface area contributed by atoms with Gasteiger partial charge in [-0.2, -0.15) is 0 Å². The zero-order chi connectivity index (χ0) is 13.1. The average molecular weight is 291 g/mol. The summed E-state index contributed by atoms with van der Waals surface area (Å²) in [6.07, 6.45) is 1.85. The quantitative estimate of drug-likeness (QED) is 0.926. The first-order valence-corrected chi connectivity index (χ1v) is 6.03. The second kappa shape index (κ2) is 6.82. The Hall–Kier alpha value is -1.20. The fourth-order valence-corrected chi connectivity index (χ4v) is 2.39. The highest BCUT2D eigenvalue weighted by atomic mass is 35.5. The summed E-state index contributed by atoms with van der Waals surface area (Å²) in [5, 5.41) is 3.03. The fourth-order valence-electron chi connectivity index (χ4n) is 2.39. The van der Waals surface area contributed by atoms with Crippen LogP contribution in [0.5, 0.6) is 0 Å². The number of halogens is 3. The van der Waals surface area contributed by atoms with E-state index in [1.165, 1.54) is 0 Å². The number of hydrogen-bond donors (Lipinski definition) is 1. The molecule has 0 aliphatic carbocycles. The molecule has 1 fully saturated rings. The Morgan fingerprint density at radius 2 is 2.00 bits per heavy atom. The monoisotopic (exact) mass is 290 g/mol. The van der Waals surface area contributed by atoms with Gasteiger partial charge in [0.25, 0.3) is 5.91 Å². The third-order valence-electron chi connectivity index (χ3n) is 3.19. The first-order valence-electron chi connectivity index (χ1n) is 6.03. The molecule has 0 saturated carbocycles. The van der Waals surface area contributed by atoms with Gasteiger partial charge in [-0.1, -0.05) is 0 Å².